The minimum Gasteiger partial charge on any atom is -0.497 e. The van der Waals surface area contributed by atoms with E-state index >= 15 is 0 Å². The summed E-state index contributed by atoms with van der Waals surface area (Å²) < 4.78 is 5.25. The van der Waals surface area contributed by atoms with Gasteiger partial charge in [-0.2, -0.15) is 11.8 Å². The molecule has 0 atom stereocenters. The highest BCUT2D eigenvalue weighted by atomic mass is 32.2. The third kappa shape index (κ3) is 3.57. The van der Waals surface area contributed by atoms with Crippen molar-refractivity contribution >= 4 is 28.5 Å². The fraction of sp³-hybridized carbons (Fsp3) is 0.438. The first kappa shape index (κ1) is 15.0. The molecular weight excluding hydrogens is 268 g/mol. The van der Waals surface area contributed by atoms with Gasteiger partial charge < -0.3 is 10.1 Å². The third-order valence-electron chi connectivity index (χ3n) is 3.05. The number of nitrogens with zero attached hydrogens (tertiary/aromatic N) is 1. The van der Waals surface area contributed by atoms with Gasteiger partial charge in [-0.15, -0.1) is 0 Å². The van der Waals surface area contributed by atoms with Gasteiger partial charge in [-0.3, -0.25) is 0 Å². The van der Waals surface area contributed by atoms with E-state index in [9.17, 15) is 0 Å². The molecule has 0 aliphatic heterocycles. The molecular formula is C16H22N2OS. The maximum Gasteiger partial charge on any atom is 0.130 e. The van der Waals surface area contributed by atoms with Crippen LogP contribution >= 0.6 is 11.8 Å². The van der Waals surface area contributed by atoms with Crippen molar-refractivity contribution in [2.24, 2.45) is 5.92 Å². The molecule has 108 valence electrons. The zero-order valence-electron chi connectivity index (χ0n) is 12.6. The summed E-state index contributed by atoms with van der Waals surface area (Å²) in [6.45, 7) is 4.49. The molecule has 0 spiro atoms. The highest BCUT2D eigenvalue weighted by Gasteiger charge is 2.07. The average molecular weight is 290 g/mol. The molecule has 2 rings (SSSR count). The lowest BCUT2D eigenvalue weighted by Gasteiger charge is -2.11. The van der Waals surface area contributed by atoms with Crippen molar-refractivity contribution in [3.8, 4) is 5.75 Å². The number of methoxy groups -OCH3 is 1. The van der Waals surface area contributed by atoms with E-state index in [1.54, 1.807) is 7.11 Å². The van der Waals surface area contributed by atoms with Crippen molar-refractivity contribution in [1.29, 1.82) is 0 Å². The lowest BCUT2D eigenvalue weighted by molar-refractivity contribution is 0.415. The van der Waals surface area contributed by atoms with E-state index < -0.39 is 0 Å². The fourth-order valence-electron chi connectivity index (χ4n) is 2.05. The molecule has 0 amide bonds. The van der Waals surface area contributed by atoms with Crippen LogP contribution in [0.1, 0.15) is 19.4 Å². The van der Waals surface area contributed by atoms with Crippen LogP contribution in [0.5, 0.6) is 5.75 Å². The molecule has 1 aromatic heterocycles. The molecule has 0 aliphatic carbocycles. The molecule has 1 N–H and O–H groups in total. The van der Waals surface area contributed by atoms with Gasteiger partial charge in [0.2, 0.25) is 0 Å². The first-order chi connectivity index (χ1) is 9.63. The van der Waals surface area contributed by atoms with Crippen LogP contribution in [0, 0.1) is 5.92 Å². The smallest absolute Gasteiger partial charge is 0.130 e. The molecule has 0 radical (unpaired) electrons. The number of pyridine rings is 1. The minimum absolute atomic E-state index is 0.718. The minimum atomic E-state index is 0.718. The van der Waals surface area contributed by atoms with Gasteiger partial charge >= 0.3 is 0 Å². The summed E-state index contributed by atoms with van der Waals surface area (Å²) in [6, 6.07) is 8.24. The zero-order chi connectivity index (χ0) is 14.5. The van der Waals surface area contributed by atoms with Gasteiger partial charge in [0.25, 0.3) is 0 Å². The van der Waals surface area contributed by atoms with Crippen LogP contribution in [-0.4, -0.2) is 24.9 Å². The Labute approximate surface area is 125 Å². The topological polar surface area (TPSA) is 34.2 Å². The van der Waals surface area contributed by atoms with Crippen LogP contribution in [0.3, 0.4) is 0 Å². The van der Waals surface area contributed by atoms with Gasteiger partial charge in [0.15, 0.2) is 0 Å². The summed E-state index contributed by atoms with van der Waals surface area (Å²) in [5.74, 6) is 4.68. The van der Waals surface area contributed by atoms with Crippen molar-refractivity contribution in [3.63, 3.8) is 0 Å². The second-order valence-corrected chi connectivity index (χ2v) is 6.24. The molecule has 4 heteroatoms. The Balaban J connectivity index is 2.29. The molecule has 0 fully saturated rings. The summed E-state index contributed by atoms with van der Waals surface area (Å²) in [6.07, 6.45) is 0. The van der Waals surface area contributed by atoms with E-state index in [4.69, 9.17) is 9.72 Å². The Bertz CT molecular complexity index is 584. The van der Waals surface area contributed by atoms with Crippen LogP contribution in [0.2, 0.25) is 0 Å². The van der Waals surface area contributed by atoms with E-state index in [1.807, 2.05) is 30.9 Å². The lowest BCUT2D eigenvalue weighted by atomic mass is 10.1. The first-order valence-electron chi connectivity index (χ1n) is 6.87. The van der Waals surface area contributed by atoms with Gasteiger partial charge in [0, 0.05) is 29.8 Å². The molecule has 0 bridgehead atoms. The van der Waals surface area contributed by atoms with Crippen molar-refractivity contribution in [1.82, 2.24) is 4.98 Å². The second kappa shape index (κ2) is 6.84. The van der Waals surface area contributed by atoms with Crippen molar-refractivity contribution < 1.29 is 4.74 Å². The number of thioether (sulfide) groups is 1. The van der Waals surface area contributed by atoms with Crippen LogP contribution < -0.4 is 10.1 Å². The highest BCUT2D eigenvalue weighted by Crippen LogP contribution is 2.27. The second-order valence-electron chi connectivity index (χ2n) is 5.21. The average Bonchev–Trinajstić information content (AvgIpc) is 2.45. The van der Waals surface area contributed by atoms with Gasteiger partial charge in [0.1, 0.15) is 11.6 Å². The SMILES string of the molecule is CNc1nc2cc(OC)ccc2cc1CSCC(C)C. The van der Waals surface area contributed by atoms with Crippen molar-refractivity contribution in [3.05, 3.63) is 29.8 Å². The van der Waals surface area contributed by atoms with Crippen LogP contribution in [0.15, 0.2) is 24.3 Å². The number of ether oxygens (including phenoxy) is 1. The Morgan fingerprint density at radius 3 is 2.75 bits per heavy atom. The van der Waals surface area contributed by atoms with Crippen molar-refractivity contribution in [2.45, 2.75) is 19.6 Å². The number of nitrogens with one attached hydrogen (secondary N) is 1. The molecule has 1 aromatic carbocycles. The van der Waals surface area contributed by atoms with E-state index in [1.165, 1.54) is 11.3 Å². The lowest BCUT2D eigenvalue weighted by Crippen LogP contribution is -2.00. The Morgan fingerprint density at radius 1 is 1.30 bits per heavy atom. The van der Waals surface area contributed by atoms with Crippen LogP contribution in [0.4, 0.5) is 5.82 Å². The normalized spacial score (nSPS) is 11.1. The van der Waals surface area contributed by atoms with E-state index in [2.05, 4.69) is 31.3 Å². The largest absolute Gasteiger partial charge is 0.497 e. The summed E-state index contributed by atoms with van der Waals surface area (Å²) in [5.41, 5.74) is 2.22. The van der Waals surface area contributed by atoms with Gasteiger partial charge in [-0.1, -0.05) is 13.8 Å². The fourth-order valence-corrected chi connectivity index (χ4v) is 3.08. The van der Waals surface area contributed by atoms with Gasteiger partial charge in [0.05, 0.1) is 12.6 Å². The van der Waals surface area contributed by atoms with E-state index in [0.717, 1.165) is 34.1 Å². The highest BCUT2D eigenvalue weighted by molar-refractivity contribution is 7.98. The molecule has 0 unspecified atom stereocenters. The zero-order valence-corrected chi connectivity index (χ0v) is 13.4. The van der Waals surface area contributed by atoms with Crippen LogP contribution in [-0.2, 0) is 5.75 Å². The quantitative estimate of drug-likeness (QED) is 0.865. The predicted molar refractivity (Wildman–Crippen MR) is 88.8 cm³/mol. The molecule has 1 heterocycles. The number of aromatic nitrogens is 1. The number of benzene rings is 1. The maximum absolute atomic E-state index is 5.25. The maximum atomic E-state index is 5.25. The summed E-state index contributed by atoms with van der Waals surface area (Å²) in [5, 5.41) is 4.36. The molecule has 20 heavy (non-hydrogen) atoms. The number of hydrogen-bond acceptors (Lipinski definition) is 4. The molecule has 2 aromatic rings. The number of rotatable bonds is 6. The molecule has 3 nitrogen and oxygen atoms in total. The first-order valence-corrected chi connectivity index (χ1v) is 8.02. The molecule has 0 saturated carbocycles. The third-order valence-corrected chi connectivity index (χ3v) is 4.47. The number of anilines is 1. The predicted octanol–water partition coefficient (Wildman–Crippen LogP) is 4.17. The van der Waals surface area contributed by atoms with E-state index in [0.29, 0.717) is 0 Å². The van der Waals surface area contributed by atoms with E-state index in [-0.39, 0.29) is 0 Å². The number of fused-ring (bicyclic) bond motifs is 1. The summed E-state index contributed by atoms with van der Waals surface area (Å²) >= 11 is 1.96. The summed E-state index contributed by atoms with van der Waals surface area (Å²) in [7, 11) is 3.60. The standard InChI is InChI=1S/C16H22N2OS/c1-11(2)9-20-10-13-7-12-5-6-14(19-4)8-15(12)18-16(13)17-3/h5-8,11H,9-10H2,1-4H3,(H,17,18). The number of hydrogen-bond donors (Lipinski definition) is 1. The van der Waals surface area contributed by atoms with Gasteiger partial charge in [-0.25, -0.2) is 4.98 Å². The van der Waals surface area contributed by atoms with Crippen LogP contribution in [0.25, 0.3) is 10.9 Å². The summed E-state index contributed by atoms with van der Waals surface area (Å²) in [4.78, 5) is 4.70. The monoisotopic (exact) mass is 290 g/mol. The van der Waals surface area contributed by atoms with Gasteiger partial charge in [-0.05, 0) is 29.9 Å². The Hall–Kier alpha value is -1.42. The Morgan fingerprint density at radius 2 is 2.10 bits per heavy atom. The molecule has 0 saturated heterocycles. The molecule has 0 aliphatic rings. The van der Waals surface area contributed by atoms with Crippen molar-refractivity contribution in [2.75, 3.05) is 25.2 Å². The Kier molecular flexibility index (Phi) is 5.12.